The summed E-state index contributed by atoms with van der Waals surface area (Å²) in [6.07, 6.45) is -2.62. The number of halogens is 3. The lowest BCUT2D eigenvalue weighted by atomic mass is 10.1. The van der Waals surface area contributed by atoms with Gasteiger partial charge in [0.1, 0.15) is 16.2 Å². The van der Waals surface area contributed by atoms with Crippen LogP contribution in [0.25, 0.3) is 10.6 Å². The Morgan fingerprint density at radius 3 is 2.55 bits per heavy atom. The van der Waals surface area contributed by atoms with Gasteiger partial charge in [0.05, 0.1) is 5.56 Å². The highest BCUT2D eigenvalue weighted by molar-refractivity contribution is 7.13. The van der Waals surface area contributed by atoms with Crippen LogP contribution in [0.2, 0.25) is 0 Å². The summed E-state index contributed by atoms with van der Waals surface area (Å²) < 4.78 is 40.7. The van der Waals surface area contributed by atoms with Gasteiger partial charge in [-0.15, -0.1) is 11.3 Å². The van der Waals surface area contributed by atoms with Gasteiger partial charge in [0.2, 0.25) is 0 Å². The number of carbonyl (C=O) groups is 1. The molecule has 4 nitrogen and oxygen atoms in total. The zero-order valence-electron chi connectivity index (χ0n) is 16.1. The lowest BCUT2D eigenvalue weighted by molar-refractivity contribution is -0.137. The molecule has 4 rings (SSSR count). The third-order valence-electron chi connectivity index (χ3n) is 4.49. The molecule has 0 aliphatic heterocycles. The van der Waals surface area contributed by atoms with Gasteiger partial charge in [-0.05, 0) is 29.8 Å². The second-order valence-corrected chi connectivity index (χ2v) is 7.56. The van der Waals surface area contributed by atoms with Crippen LogP contribution in [0.1, 0.15) is 21.6 Å². The van der Waals surface area contributed by atoms with Crippen molar-refractivity contribution in [3.8, 4) is 10.6 Å². The van der Waals surface area contributed by atoms with E-state index in [9.17, 15) is 18.0 Å². The van der Waals surface area contributed by atoms with Crippen molar-refractivity contribution in [2.75, 3.05) is 0 Å². The van der Waals surface area contributed by atoms with E-state index >= 15 is 0 Å². The number of carbonyl (C=O) groups excluding carboxylic acids is 1. The van der Waals surface area contributed by atoms with Gasteiger partial charge in [-0.1, -0.05) is 48.5 Å². The monoisotopic (exact) mass is 439 g/mol. The van der Waals surface area contributed by atoms with Crippen molar-refractivity contribution >= 4 is 17.2 Å². The third-order valence-corrected chi connectivity index (χ3v) is 5.38. The van der Waals surface area contributed by atoms with Gasteiger partial charge < -0.3 is 4.57 Å². The minimum Gasteiger partial charge on any atom is -0.328 e. The summed E-state index contributed by atoms with van der Waals surface area (Å²) in [6.45, 7) is 0.542. The molecule has 0 N–H and O–H groups in total. The predicted molar refractivity (Wildman–Crippen MR) is 112 cm³/mol. The van der Waals surface area contributed by atoms with Crippen LogP contribution in [-0.2, 0) is 12.7 Å². The molecule has 0 saturated carbocycles. The normalized spacial score (nSPS) is 12.2. The number of thiazole rings is 1. The smallest absolute Gasteiger partial charge is 0.328 e. The first kappa shape index (κ1) is 20.7. The van der Waals surface area contributed by atoms with Crippen LogP contribution in [0, 0.1) is 0 Å². The molecular formula is C23H16F3N3OS. The first-order valence-electron chi connectivity index (χ1n) is 9.32. The molecule has 1 amide bonds. The molecule has 0 radical (unpaired) electrons. The summed E-state index contributed by atoms with van der Waals surface area (Å²) >= 11 is 1.10. The molecule has 0 fully saturated rings. The zero-order valence-corrected chi connectivity index (χ0v) is 16.9. The lowest BCUT2D eigenvalue weighted by Gasteiger charge is -2.07. The molecule has 0 bridgehead atoms. The Kier molecular flexibility index (Phi) is 5.81. The first-order valence-corrected chi connectivity index (χ1v) is 10.2. The van der Waals surface area contributed by atoms with Crippen molar-refractivity contribution in [2.24, 2.45) is 4.99 Å². The first-order chi connectivity index (χ1) is 14.9. The molecule has 0 aliphatic carbocycles. The van der Waals surface area contributed by atoms with Crippen LogP contribution < -0.4 is 5.49 Å². The molecule has 0 atom stereocenters. The maximum Gasteiger partial charge on any atom is 0.416 e. The molecule has 2 aromatic heterocycles. The van der Waals surface area contributed by atoms with Crippen molar-refractivity contribution in [1.29, 1.82) is 0 Å². The van der Waals surface area contributed by atoms with Crippen molar-refractivity contribution in [2.45, 2.75) is 12.7 Å². The summed E-state index contributed by atoms with van der Waals surface area (Å²) in [7, 11) is 0. The average Bonchev–Trinajstić information content (AvgIpc) is 3.26. The van der Waals surface area contributed by atoms with E-state index in [4.69, 9.17) is 0 Å². The van der Waals surface area contributed by atoms with Gasteiger partial charge in [0.25, 0.3) is 5.91 Å². The van der Waals surface area contributed by atoms with E-state index in [1.54, 1.807) is 12.1 Å². The molecule has 8 heteroatoms. The average molecular weight is 439 g/mol. The van der Waals surface area contributed by atoms with Crippen LogP contribution in [-0.4, -0.2) is 15.5 Å². The van der Waals surface area contributed by atoms with E-state index in [1.165, 1.54) is 17.5 Å². The minimum absolute atomic E-state index is 0.0903. The molecular weight excluding hydrogens is 423 g/mol. The van der Waals surface area contributed by atoms with Crippen molar-refractivity contribution in [3.63, 3.8) is 0 Å². The topological polar surface area (TPSA) is 47.2 Å². The van der Waals surface area contributed by atoms with E-state index in [1.807, 2.05) is 47.2 Å². The van der Waals surface area contributed by atoms with Crippen LogP contribution in [0.3, 0.4) is 0 Å². The Hall–Kier alpha value is -3.52. The summed E-state index contributed by atoms with van der Waals surface area (Å²) in [4.78, 5) is 21.1. The highest BCUT2D eigenvalue weighted by Crippen LogP contribution is 2.33. The van der Waals surface area contributed by atoms with Crippen LogP contribution in [0.4, 0.5) is 13.2 Å². The van der Waals surface area contributed by atoms with Gasteiger partial charge in [-0.2, -0.15) is 18.2 Å². The molecule has 0 saturated heterocycles. The summed E-state index contributed by atoms with van der Waals surface area (Å²) in [5.74, 6) is -0.553. The van der Waals surface area contributed by atoms with Gasteiger partial charge in [-0.25, -0.2) is 4.98 Å². The molecule has 0 unspecified atom stereocenters. The van der Waals surface area contributed by atoms with Gasteiger partial charge in [-0.3, -0.25) is 4.79 Å². The summed E-state index contributed by atoms with van der Waals surface area (Å²) in [5.41, 5.74) is 1.15. The fourth-order valence-corrected chi connectivity index (χ4v) is 3.77. The number of hydrogen-bond acceptors (Lipinski definition) is 3. The van der Waals surface area contributed by atoms with Crippen LogP contribution in [0.5, 0.6) is 0 Å². The fourth-order valence-electron chi connectivity index (χ4n) is 2.98. The highest BCUT2D eigenvalue weighted by atomic mass is 32.1. The van der Waals surface area contributed by atoms with Crippen molar-refractivity contribution in [1.82, 2.24) is 9.55 Å². The molecule has 2 heterocycles. The van der Waals surface area contributed by atoms with Crippen LogP contribution >= 0.6 is 11.3 Å². The van der Waals surface area contributed by atoms with Gasteiger partial charge in [0.15, 0.2) is 0 Å². The van der Waals surface area contributed by atoms with E-state index in [2.05, 4.69) is 9.98 Å². The second-order valence-electron chi connectivity index (χ2n) is 6.71. The highest BCUT2D eigenvalue weighted by Gasteiger charge is 2.30. The molecule has 2 aromatic carbocycles. The summed E-state index contributed by atoms with van der Waals surface area (Å²) in [6, 6.07) is 20.0. The largest absolute Gasteiger partial charge is 0.416 e. The SMILES string of the molecule is O=C(N=c1ccccn1Cc1ccccc1)c1csc(-c2cccc(C(F)(F)F)c2)n1. The van der Waals surface area contributed by atoms with Gasteiger partial charge >= 0.3 is 6.18 Å². The van der Waals surface area contributed by atoms with E-state index < -0.39 is 17.6 Å². The van der Waals surface area contributed by atoms with E-state index in [0.717, 1.165) is 29.0 Å². The Morgan fingerprint density at radius 2 is 1.77 bits per heavy atom. The minimum atomic E-state index is -4.44. The number of nitrogens with zero attached hydrogens (tertiary/aromatic N) is 3. The predicted octanol–water partition coefficient (Wildman–Crippen LogP) is 5.42. The number of rotatable bonds is 4. The molecule has 0 aliphatic rings. The summed E-state index contributed by atoms with van der Waals surface area (Å²) in [5, 5.41) is 1.83. The number of alkyl halides is 3. The van der Waals surface area contributed by atoms with E-state index in [0.29, 0.717) is 22.6 Å². The van der Waals surface area contributed by atoms with Gasteiger partial charge in [0, 0.05) is 23.7 Å². The van der Waals surface area contributed by atoms with Crippen molar-refractivity contribution in [3.05, 3.63) is 107 Å². The Labute approximate surface area is 180 Å². The Morgan fingerprint density at radius 1 is 1.00 bits per heavy atom. The lowest BCUT2D eigenvalue weighted by Crippen LogP contribution is -2.22. The standard InChI is InChI=1S/C23H16F3N3OS/c24-23(25,26)18-10-6-9-17(13-18)22-27-19(15-31-22)21(30)28-20-11-4-5-12-29(20)14-16-7-2-1-3-8-16/h1-13,15H,14H2. The number of hydrogen-bond donors (Lipinski definition) is 0. The molecule has 4 aromatic rings. The maximum absolute atomic E-state index is 13.0. The third kappa shape index (κ3) is 4.97. The quantitative estimate of drug-likeness (QED) is 0.426. The Balaban J connectivity index is 1.61. The fraction of sp³-hybridized carbons (Fsp3) is 0.0870. The van der Waals surface area contributed by atoms with E-state index in [-0.39, 0.29) is 5.69 Å². The molecule has 31 heavy (non-hydrogen) atoms. The maximum atomic E-state index is 13.0. The number of amides is 1. The molecule has 0 spiro atoms. The Bertz CT molecular complexity index is 1280. The van der Waals surface area contributed by atoms with Crippen molar-refractivity contribution < 1.29 is 18.0 Å². The molecule has 156 valence electrons. The number of pyridine rings is 1. The second kappa shape index (κ2) is 8.69. The zero-order chi connectivity index (χ0) is 21.8. The number of benzene rings is 2. The number of aromatic nitrogens is 2. The van der Waals surface area contributed by atoms with Crippen LogP contribution in [0.15, 0.2) is 89.4 Å².